The average Bonchev–Trinajstić information content (AvgIpc) is 2.49. The Labute approximate surface area is 122 Å². The molecule has 21 heavy (non-hydrogen) atoms. The van der Waals surface area contributed by atoms with Gasteiger partial charge < -0.3 is 20.6 Å². The summed E-state index contributed by atoms with van der Waals surface area (Å²) in [5, 5.41) is 13.0. The van der Waals surface area contributed by atoms with E-state index in [2.05, 4.69) is 15.6 Å². The molecular weight excluding hydrogens is 276 g/mol. The first kappa shape index (κ1) is 16.4. The number of carbonyl (C=O) groups is 3. The zero-order valence-corrected chi connectivity index (χ0v) is 11.7. The number of hydrogen-bond acceptors (Lipinski definition) is 4. The third-order valence-electron chi connectivity index (χ3n) is 2.67. The van der Waals surface area contributed by atoms with Crippen molar-refractivity contribution in [3.63, 3.8) is 0 Å². The number of amides is 3. The van der Waals surface area contributed by atoms with Gasteiger partial charge in [-0.15, -0.1) is 0 Å². The van der Waals surface area contributed by atoms with E-state index in [4.69, 9.17) is 5.11 Å². The normalized spacial score (nSPS) is 9.76. The molecule has 8 nitrogen and oxygen atoms in total. The van der Waals surface area contributed by atoms with E-state index in [0.29, 0.717) is 13.0 Å². The lowest BCUT2D eigenvalue weighted by atomic mass is 10.2. The van der Waals surface area contributed by atoms with E-state index < -0.39 is 24.5 Å². The number of carboxylic acid groups (broad SMARTS) is 1. The second-order valence-electron chi connectivity index (χ2n) is 4.36. The fraction of sp³-hybridized carbons (Fsp3) is 0.385. The number of carboxylic acids is 1. The molecule has 1 aromatic rings. The number of nitrogens with zero attached hydrogens (tertiary/aromatic N) is 2. The minimum absolute atomic E-state index is 0.258. The molecule has 0 spiro atoms. The maximum atomic E-state index is 11.7. The van der Waals surface area contributed by atoms with E-state index in [-0.39, 0.29) is 6.54 Å². The lowest BCUT2D eigenvalue weighted by molar-refractivity contribution is -0.137. The smallest absolute Gasteiger partial charge is 0.322 e. The monoisotopic (exact) mass is 294 g/mol. The molecule has 0 fully saturated rings. The number of aliphatic carboxylic acids is 1. The number of carbonyl (C=O) groups excluding carboxylic acids is 2. The first-order valence-corrected chi connectivity index (χ1v) is 6.35. The molecule has 0 aliphatic rings. The molecule has 0 atom stereocenters. The van der Waals surface area contributed by atoms with Gasteiger partial charge in [-0.3, -0.25) is 14.6 Å². The summed E-state index contributed by atoms with van der Waals surface area (Å²) in [6, 6.07) is 3.34. The Balaban J connectivity index is 2.25. The quantitative estimate of drug-likeness (QED) is 0.625. The van der Waals surface area contributed by atoms with Gasteiger partial charge in [-0.05, 0) is 24.1 Å². The highest BCUT2D eigenvalue weighted by Crippen LogP contribution is 1.98. The molecule has 8 heteroatoms. The Morgan fingerprint density at radius 3 is 2.48 bits per heavy atom. The van der Waals surface area contributed by atoms with E-state index in [0.717, 1.165) is 5.56 Å². The van der Waals surface area contributed by atoms with E-state index in [1.165, 1.54) is 4.90 Å². The van der Waals surface area contributed by atoms with Crippen molar-refractivity contribution < 1.29 is 19.5 Å². The van der Waals surface area contributed by atoms with Gasteiger partial charge in [0.05, 0.1) is 6.54 Å². The predicted octanol–water partition coefficient (Wildman–Crippen LogP) is -0.534. The van der Waals surface area contributed by atoms with Crippen molar-refractivity contribution in [2.24, 2.45) is 0 Å². The molecule has 3 N–H and O–H groups in total. The van der Waals surface area contributed by atoms with E-state index in [9.17, 15) is 14.4 Å². The molecule has 1 rings (SSSR count). The van der Waals surface area contributed by atoms with Crippen LogP contribution in [0.25, 0.3) is 0 Å². The fourth-order valence-electron chi connectivity index (χ4n) is 1.48. The van der Waals surface area contributed by atoms with E-state index >= 15 is 0 Å². The predicted molar refractivity (Wildman–Crippen MR) is 74.6 cm³/mol. The van der Waals surface area contributed by atoms with Crippen molar-refractivity contribution in [1.29, 1.82) is 0 Å². The number of aromatic nitrogens is 1. The van der Waals surface area contributed by atoms with Crippen LogP contribution < -0.4 is 10.6 Å². The highest BCUT2D eigenvalue weighted by atomic mass is 16.4. The van der Waals surface area contributed by atoms with E-state index in [1.807, 2.05) is 12.1 Å². The number of likely N-dealkylation sites (N-methyl/N-ethyl adjacent to an activating group) is 1. The van der Waals surface area contributed by atoms with Gasteiger partial charge in [-0.25, -0.2) is 4.79 Å². The Bertz CT molecular complexity index is 492. The molecule has 0 bridgehead atoms. The van der Waals surface area contributed by atoms with Crippen LogP contribution in [0.3, 0.4) is 0 Å². The summed E-state index contributed by atoms with van der Waals surface area (Å²) < 4.78 is 0. The Kier molecular flexibility index (Phi) is 6.66. The fourth-order valence-corrected chi connectivity index (χ4v) is 1.48. The highest BCUT2D eigenvalue weighted by Gasteiger charge is 2.10. The van der Waals surface area contributed by atoms with Gasteiger partial charge in [0, 0.05) is 26.0 Å². The third kappa shape index (κ3) is 6.90. The average molecular weight is 294 g/mol. The molecular formula is C13H18N4O4. The number of pyridine rings is 1. The topological polar surface area (TPSA) is 112 Å². The third-order valence-corrected chi connectivity index (χ3v) is 2.67. The van der Waals surface area contributed by atoms with Crippen molar-refractivity contribution in [1.82, 2.24) is 20.5 Å². The summed E-state index contributed by atoms with van der Waals surface area (Å²) in [5.41, 5.74) is 1.06. The van der Waals surface area contributed by atoms with Gasteiger partial charge in [-0.1, -0.05) is 0 Å². The van der Waals surface area contributed by atoms with Crippen LogP contribution in [0.1, 0.15) is 5.56 Å². The summed E-state index contributed by atoms with van der Waals surface area (Å²) in [5.74, 6) is -1.68. The number of nitrogens with one attached hydrogen (secondary N) is 2. The van der Waals surface area contributed by atoms with E-state index in [1.54, 1.807) is 19.4 Å². The van der Waals surface area contributed by atoms with Crippen molar-refractivity contribution in [2.75, 3.05) is 26.7 Å². The second-order valence-corrected chi connectivity index (χ2v) is 4.36. The number of rotatable bonds is 7. The minimum atomic E-state index is -1.14. The van der Waals surface area contributed by atoms with Gasteiger partial charge in [0.15, 0.2) is 0 Å². The molecule has 114 valence electrons. The zero-order valence-electron chi connectivity index (χ0n) is 11.7. The van der Waals surface area contributed by atoms with Crippen LogP contribution in [0, 0.1) is 0 Å². The zero-order chi connectivity index (χ0) is 15.7. The van der Waals surface area contributed by atoms with Crippen molar-refractivity contribution in [3.8, 4) is 0 Å². The molecule has 3 amide bonds. The van der Waals surface area contributed by atoms with Crippen molar-refractivity contribution >= 4 is 17.9 Å². The molecule has 0 radical (unpaired) electrons. The molecule has 0 unspecified atom stereocenters. The van der Waals surface area contributed by atoms with Crippen LogP contribution in [0.5, 0.6) is 0 Å². The number of urea groups is 1. The largest absolute Gasteiger partial charge is 0.480 e. The van der Waals surface area contributed by atoms with Crippen LogP contribution in [-0.2, 0) is 16.0 Å². The standard InChI is InChI=1S/C13H18N4O4/c1-17(7-4-10-2-5-14-6-3-10)13(21)16-8-11(18)15-9-12(19)20/h2-3,5-6H,4,7-9H2,1H3,(H,15,18)(H,16,21)(H,19,20). The molecule has 0 saturated carbocycles. The SMILES string of the molecule is CN(CCc1ccncc1)C(=O)NCC(=O)NCC(=O)O. The van der Waals surface area contributed by atoms with Gasteiger partial charge in [0.2, 0.25) is 5.91 Å². The maximum Gasteiger partial charge on any atom is 0.322 e. The summed E-state index contributed by atoms with van der Waals surface area (Å²) in [6.07, 6.45) is 4.04. The molecule has 1 aromatic heterocycles. The minimum Gasteiger partial charge on any atom is -0.480 e. The van der Waals surface area contributed by atoms with Crippen LogP contribution in [-0.4, -0.2) is 59.6 Å². The Hall–Kier alpha value is -2.64. The summed E-state index contributed by atoms with van der Waals surface area (Å²) >= 11 is 0. The molecule has 1 heterocycles. The summed E-state index contributed by atoms with van der Waals surface area (Å²) in [6.45, 7) is -0.231. The first-order chi connectivity index (χ1) is 9.99. The molecule has 0 aliphatic heterocycles. The van der Waals surface area contributed by atoms with Gasteiger partial charge in [-0.2, -0.15) is 0 Å². The van der Waals surface area contributed by atoms with Crippen molar-refractivity contribution in [3.05, 3.63) is 30.1 Å². The highest BCUT2D eigenvalue weighted by molar-refractivity contribution is 5.86. The van der Waals surface area contributed by atoms with Crippen LogP contribution in [0.2, 0.25) is 0 Å². The Morgan fingerprint density at radius 1 is 1.19 bits per heavy atom. The van der Waals surface area contributed by atoms with Gasteiger partial charge in [0.25, 0.3) is 0 Å². The number of hydrogen-bond donors (Lipinski definition) is 3. The maximum absolute atomic E-state index is 11.7. The Morgan fingerprint density at radius 2 is 1.86 bits per heavy atom. The van der Waals surface area contributed by atoms with Gasteiger partial charge >= 0.3 is 12.0 Å². The van der Waals surface area contributed by atoms with Crippen LogP contribution in [0.15, 0.2) is 24.5 Å². The molecule has 0 aromatic carbocycles. The summed E-state index contributed by atoms with van der Waals surface area (Å²) in [7, 11) is 1.62. The lowest BCUT2D eigenvalue weighted by Crippen LogP contribution is -2.44. The molecule has 0 aliphatic carbocycles. The second kappa shape index (κ2) is 8.51. The lowest BCUT2D eigenvalue weighted by Gasteiger charge is -2.17. The van der Waals surface area contributed by atoms with Crippen LogP contribution >= 0.6 is 0 Å². The summed E-state index contributed by atoms with van der Waals surface area (Å²) in [4.78, 5) is 38.6. The van der Waals surface area contributed by atoms with Crippen LogP contribution in [0.4, 0.5) is 4.79 Å². The van der Waals surface area contributed by atoms with Crippen molar-refractivity contribution in [2.45, 2.75) is 6.42 Å². The molecule has 0 saturated heterocycles. The van der Waals surface area contributed by atoms with Gasteiger partial charge in [0.1, 0.15) is 6.54 Å². The first-order valence-electron chi connectivity index (χ1n) is 6.35.